The maximum atomic E-state index is 13.0. The molecule has 2 nitrogen and oxygen atoms in total. The van der Waals surface area contributed by atoms with E-state index in [0.717, 1.165) is 11.1 Å². The molecule has 0 spiro atoms. The third-order valence-corrected chi connectivity index (χ3v) is 5.98. The molecule has 1 aliphatic heterocycles. The maximum Gasteiger partial charge on any atom is 0.182 e. The molecular formula is C15H13FO2S. The van der Waals surface area contributed by atoms with Crippen molar-refractivity contribution in [3.63, 3.8) is 0 Å². The fourth-order valence-electron chi connectivity index (χ4n) is 2.75. The van der Waals surface area contributed by atoms with Crippen molar-refractivity contribution in [1.82, 2.24) is 0 Å². The Balaban J connectivity index is 2.21. The molecule has 0 fully saturated rings. The van der Waals surface area contributed by atoms with Gasteiger partial charge in [0, 0.05) is 5.92 Å². The van der Waals surface area contributed by atoms with Gasteiger partial charge in [0.05, 0.1) is 10.1 Å². The monoisotopic (exact) mass is 276 g/mol. The van der Waals surface area contributed by atoms with Crippen LogP contribution >= 0.6 is 0 Å². The second-order valence-corrected chi connectivity index (χ2v) is 7.09. The minimum Gasteiger partial charge on any atom is -0.223 e. The van der Waals surface area contributed by atoms with Gasteiger partial charge in [0.1, 0.15) is 5.82 Å². The normalized spacial score (nSPS) is 24.1. The topological polar surface area (TPSA) is 34.1 Å². The van der Waals surface area contributed by atoms with Crippen LogP contribution in [-0.2, 0) is 9.84 Å². The molecular weight excluding hydrogens is 263 g/mol. The molecule has 2 aromatic rings. The maximum absolute atomic E-state index is 13.0. The van der Waals surface area contributed by atoms with Gasteiger partial charge in [-0.3, -0.25) is 0 Å². The number of fused-ring (bicyclic) bond motifs is 1. The molecule has 1 heterocycles. The van der Waals surface area contributed by atoms with Gasteiger partial charge in [-0.25, -0.2) is 12.8 Å². The Morgan fingerprint density at radius 1 is 1.00 bits per heavy atom. The Labute approximate surface area is 111 Å². The molecule has 2 atom stereocenters. The second-order valence-electron chi connectivity index (χ2n) is 4.82. The van der Waals surface area contributed by atoms with Crippen molar-refractivity contribution in [2.75, 3.05) is 0 Å². The number of benzene rings is 2. The molecule has 19 heavy (non-hydrogen) atoms. The average molecular weight is 276 g/mol. The lowest BCUT2D eigenvalue weighted by Gasteiger charge is -2.15. The lowest BCUT2D eigenvalue weighted by Crippen LogP contribution is -2.17. The summed E-state index contributed by atoms with van der Waals surface area (Å²) in [6, 6.07) is 13.1. The summed E-state index contributed by atoms with van der Waals surface area (Å²) in [5.41, 5.74) is 1.64. The van der Waals surface area contributed by atoms with Crippen molar-refractivity contribution in [1.29, 1.82) is 0 Å². The largest absolute Gasteiger partial charge is 0.223 e. The van der Waals surface area contributed by atoms with Crippen LogP contribution in [0, 0.1) is 5.82 Å². The van der Waals surface area contributed by atoms with Crippen LogP contribution in [0.2, 0.25) is 0 Å². The van der Waals surface area contributed by atoms with E-state index in [4.69, 9.17) is 0 Å². The highest BCUT2D eigenvalue weighted by atomic mass is 32.2. The average Bonchev–Trinajstić information content (AvgIpc) is 2.60. The quantitative estimate of drug-likeness (QED) is 0.802. The molecule has 98 valence electrons. The van der Waals surface area contributed by atoms with Crippen molar-refractivity contribution in [2.45, 2.75) is 23.0 Å². The highest BCUT2D eigenvalue weighted by molar-refractivity contribution is 7.92. The summed E-state index contributed by atoms with van der Waals surface area (Å²) in [6.45, 7) is 1.71. The van der Waals surface area contributed by atoms with Gasteiger partial charge in [0.25, 0.3) is 0 Å². The Morgan fingerprint density at radius 3 is 2.32 bits per heavy atom. The van der Waals surface area contributed by atoms with E-state index in [1.165, 1.54) is 12.1 Å². The molecule has 0 saturated carbocycles. The van der Waals surface area contributed by atoms with Crippen LogP contribution in [0.1, 0.15) is 24.0 Å². The molecule has 0 N–H and O–H groups in total. The third-order valence-electron chi connectivity index (χ3n) is 3.75. The SMILES string of the molecule is CC1C(c2ccc(F)cc2)c2ccccc2S1(=O)=O. The zero-order valence-corrected chi connectivity index (χ0v) is 11.2. The molecule has 1 aliphatic rings. The lowest BCUT2D eigenvalue weighted by atomic mass is 9.89. The summed E-state index contributed by atoms with van der Waals surface area (Å²) < 4.78 is 37.7. The smallest absolute Gasteiger partial charge is 0.182 e. The predicted octanol–water partition coefficient (Wildman–Crippen LogP) is 3.13. The van der Waals surface area contributed by atoms with Crippen LogP contribution in [0.4, 0.5) is 4.39 Å². The van der Waals surface area contributed by atoms with Crippen LogP contribution in [0.15, 0.2) is 53.4 Å². The standard InChI is InChI=1S/C15H13FO2S/c1-10-15(11-6-8-12(16)9-7-11)13-4-2-3-5-14(13)19(10,17)18/h2-10,15H,1H3. The predicted molar refractivity (Wildman–Crippen MR) is 71.3 cm³/mol. The van der Waals surface area contributed by atoms with E-state index in [0.29, 0.717) is 4.90 Å². The molecule has 3 rings (SSSR count). The van der Waals surface area contributed by atoms with E-state index in [-0.39, 0.29) is 11.7 Å². The van der Waals surface area contributed by atoms with Crippen molar-refractivity contribution >= 4 is 9.84 Å². The molecule has 0 amide bonds. The van der Waals surface area contributed by atoms with E-state index in [1.807, 2.05) is 12.1 Å². The zero-order chi connectivity index (χ0) is 13.6. The Kier molecular flexibility index (Phi) is 2.71. The van der Waals surface area contributed by atoms with Gasteiger partial charge < -0.3 is 0 Å². The third kappa shape index (κ3) is 1.78. The summed E-state index contributed by atoms with van der Waals surface area (Å²) in [4.78, 5) is 0.400. The first-order valence-corrected chi connectivity index (χ1v) is 7.65. The first-order valence-electron chi connectivity index (χ1n) is 6.10. The summed E-state index contributed by atoms with van der Waals surface area (Å²) >= 11 is 0. The molecule has 2 unspecified atom stereocenters. The number of sulfone groups is 1. The highest BCUT2D eigenvalue weighted by Crippen LogP contribution is 2.43. The first kappa shape index (κ1) is 12.4. The molecule has 0 radical (unpaired) electrons. The van der Waals surface area contributed by atoms with E-state index in [9.17, 15) is 12.8 Å². The van der Waals surface area contributed by atoms with Crippen LogP contribution in [0.25, 0.3) is 0 Å². The molecule has 4 heteroatoms. The Morgan fingerprint density at radius 2 is 1.63 bits per heavy atom. The molecule has 0 bridgehead atoms. The number of hydrogen-bond acceptors (Lipinski definition) is 2. The van der Waals surface area contributed by atoms with Crippen LogP contribution < -0.4 is 0 Å². The molecule has 0 aliphatic carbocycles. The van der Waals surface area contributed by atoms with Gasteiger partial charge in [-0.15, -0.1) is 0 Å². The van der Waals surface area contributed by atoms with Crippen molar-refractivity contribution in [3.05, 3.63) is 65.5 Å². The van der Waals surface area contributed by atoms with E-state index in [2.05, 4.69) is 0 Å². The van der Waals surface area contributed by atoms with Gasteiger partial charge in [-0.1, -0.05) is 30.3 Å². The van der Waals surface area contributed by atoms with E-state index in [1.54, 1.807) is 31.2 Å². The fourth-order valence-corrected chi connectivity index (χ4v) is 4.60. The molecule has 2 aromatic carbocycles. The summed E-state index contributed by atoms with van der Waals surface area (Å²) in [6.07, 6.45) is 0. The van der Waals surface area contributed by atoms with E-state index >= 15 is 0 Å². The van der Waals surface area contributed by atoms with Crippen LogP contribution in [-0.4, -0.2) is 13.7 Å². The van der Waals surface area contributed by atoms with Gasteiger partial charge in [0.2, 0.25) is 0 Å². The van der Waals surface area contributed by atoms with Gasteiger partial charge in [0.15, 0.2) is 9.84 Å². The second kappa shape index (κ2) is 4.17. The Bertz CT molecular complexity index is 720. The summed E-state index contributed by atoms with van der Waals surface area (Å²) in [7, 11) is -3.29. The van der Waals surface area contributed by atoms with Gasteiger partial charge in [-0.2, -0.15) is 0 Å². The van der Waals surface area contributed by atoms with Crippen molar-refractivity contribution in [2.24, 2.45) is 0 Å². The number of halogens is 1. The highest BCUT2D eigenvalue weighted by Gasteiger charge is 2.42. The molecule has 0 saturated heterocycles. The number of rotatable bonds is 1. The van der Waals surface area contributed by atoms with Gasteiger partial charge >= 0.3 is 0 Å². The Hall–Kier alpha value is -1.68. The molecule has 0 aromatic heterocycles. The van der Waals surface area contributed by atoms with Crippen molar-refractivity contribution in [3.8, 4) is 0 Å². The zero-order valence-electron chi connectivity index (χ0n) is 10.4. The first-order chi connectivity index (χ1) is 9.01. The van der Waals surface area contributed by atoms with Crippen LogP contribution in [0.3, 0.4) is 0 Å². The summed E-state index contributed by atoms with van der Waals surface area (Å²) in [5, 5.41) is -0.518. The lowest BCUT2D eigenvalue weighted by molar-refractivity contribution is 0.586. The number of hydrogen-bond donors (Lipinski definition) is 0. The minimum atomic E-state index is -3.29. The van der Waals surface area contributed by atoms with Crippen molar-refractivity contribution < 1.29 is 12.8 Å². The fraction of sp³-hybridized carbons (Fsp3) is 0.200. The van der Waals surface area contributed by atoms with Crippen LogP contribution in [0.5, 0.6) is 0 Å². The van der Waals surface area contributed by atoms with E-state index < -0.39 is 15.1 Å². The summed E-state index contributed by atoms with van der Waals surface area (Å²) in [5.74, 6) is -0.535. The minimum absolute atomic E-state index is 0.221. The van der Waals surface area contributed by atoms with Gasteiger partial charge in [-0.05, 0) is 36.2 Å².